The van der Waals surface area contributed by atoms with E-state index in [2.05, 4.69) is 24.9 Å². The minimum atomic E-state index is -0.708. The van der Waals surface area contributed by atoms with Gasteiger partial charge < -0.3 is 5.11 Å². The van der Waals surface area contributed by atoms with Crippen LogP contribution in [0.2, 0.25) is 5.02 Å². The monoisotopic (exact) mass is 283 g/mol. The van der Waals surface area contributed by atoms with Crippen LogP contribution in [-0.2, 0) is 4.79 Å². The number of unbranched alkanes of at least 4 members (excludes halogenated alkanes) is 2. The molecule has 0 fully saturated rings. The van der Waals surface area contributed by atoms with Gasteiger partial charge in [-0.05, 0) is 51.1 Å². The number of nitrogens with zero attached hydrogens (tertiary/aromatic N) is 1. The molecule has 0 spiro atoms. The van der Waals surface area contributed by atoms with E-state index in [1.165, 1.54) is 5.56 Å². The number of hydrogen-bond acceptors (Lipinski definition) is 2. The topological polar surface area (TPSA) is 40.5 Å². The lowest BCUT2D eigenvalue weighted by Gasteiger charge is -2.25. The first kappa shape index (κ1) is 16.0. The highest BCUT2D eigenvalue weighted by molar-refractivity contribution is 6.30. The highest BCUT2D eigenvalue weighted by Crippen LogP contribution is 2.22. The lowest BCUT2D eigenvalue weighted by atomic mass is 10.1. The maximum Gasteiger partial charge on any atom is 0.303 e. The van der Waals surface area contributed by atoms with E-state index in [4.69, 9.17) is 16.7 Å². The third-order valence-electron chi connectivity index (χ3n) is 3.39. The van der Waals surface area contributed by atoms with Crippen molar-refractivity contribution >= 4 is 17.6 Å². The van der Waals surface area contributed by atoms with Gasteiger partial charge in [0.05, 0.1) is 0 Å². The molecule has 3 nitrogen and oxygen atoms in total. The van der Waals surface area contributed by atoms with Crippen LogP contribution >= 0.6 is 11.6 Å². The van der Waals surface area contributed by atoms with E-state index in [9.17, 15) is 4.79 Å². The lowest BCUT2D eigenvalue weighted by Crippen LogP contribution is -2.23. The Bertz CT molecular complexity index is 409. The average Bonchev–Trinajstić information content (AvgIpc) is 2.36. The van der Waals surface area contributed by atoms with E-state index < -0.39 is 5.97 Å². The maximum atomic E-state index is 10.4. The van der Waals surface area contributed by atoms with Crippen molar-refractivity contribution in [1.82, 2.24) is 4.90 Å². The van der Waals surface area contributed by atoms with Crippen LogP contribution in [0.25, 0.3) is 0 Å². The molecule has 0 aliphatic carbocycles. The first-order valence-corrected chi connectivity index (χ1v) is 7.06. The zero-order chi connectivity index (χ0) is 14.3. The van der Waals surface area contributed by atoms with Gasteiger partial charge in [0.1, 0.15) is 0 Å². The average molecular weight is 284 g/mol. The minimum Gasteiger partial charge on any atom is -0.481 e. The van der Waals surface area contributed by atoms with Gasteiger partial charge in [0, 0.05) is 17.5 Å². The van der Waals surface area contributed by atoms with E-state index in [1.807, 2.05) is 18.2 Å². The molecule has 0 saturated carbocycles. The summed E-state index contributed by atoms with van der Waals surface area (Å²) in [6.07, 6.45) is 3.01. The molecule has 19 heavy (non-hydrogen) atoms. The molecular formula is C15H22ClNO2. The minimum absolute atomic E-state index is 0.271. The van der Waals surface area contributed by atoms with E-state index in [1.54, 1.807) is 0 Å². The normalized spacial score (nSPS) is 12.6. The van der Waals surface area contributed by atoms with Gasteiger partial charge in [-0.2, -0.15) is 0 Å². The summed E-state index contributed by atoms with van der Waals surface area (Å²) in [7, 11) is 2.09. The predicted octanol–water partition coefficient (Wildman–Crippen LogP) is 3.98. The zero-order valence-corrected chi connectivity index (χ0v) is 12.4. The van der Waals surface area contributed by atoms with Crippen molar-refractivity contribution < 1.29 is 9.90 Å². The Hall–Kier alpha value is -1.06. The van der Waals surface area contributed by atoms with Crippen LogP contribution in [0.15, 0.2) is 24.3 Å². The van der Waals surface area contributed by atoms with Crippen LogP contribution in [0.1, 0.15) is 44.2 Å². The summed E-state index contributed by atoms with van der Waals surface area (Å²) in [4.78, 5) is 12.7. The summed E-state index contributed by atoms with van der Waals surface area (Å²) in [6.45, 7) is 3.12. The number of aliphatic carboxylic acids is 1. The van der Waals surface area contributed by atoms with Gasteiger partial charge in [0.15, 0.2) is 0 Å². The summed E-state index contributed by atoms with van der Waals surface area (Å²) in [5.41, 5.74) is 1.21. The van der Waals surface area contributed by atoms with Gasteiger partial charge >= 0.3 is 5.97 Å². The number of halogens is 1. The standard InChI is InChI=1S/C15H22ClNO2/c1-12(13-7-6-8-14(16)11-13)17(2)10-5-3-4-9-15(18)19/h6-8,11-12H,3-5,9-10H2,1-2H3,(H,18,19). The Balaban J connectivity index is 2.32. The van der Waals surface area contributed by atoms with Crippen molar-refractivity contribution in [3.05, 3.63) is 34.9 Å². The Morgan fingerprint density at radius 2 is 2.11 bits per heavy atom. The molecule has 1 rings (SSSR count). The van der Waals surface area contributed by atoms with E-state index >= 15 is 0 Å². The van der Waals surface area contributed by atoms with Gasteiger partial charge in [-0.15, -0.1) is 0 Å². The highest BCUT2D eigenvalue weighted by Gasteiger charge is 2.11. The number of carbonyl (C=O) groups is 1. The number of benzene rings is 1. The summed E-state index contributed by atoms with van der Waals surface area (Å²) in [6, 6.07) is 8.24. The largest absolute Gasteiger partial charge is 0.481 e. The van der Waals surface area contributed by atoms with Crippen LogP contribution < -0.4 is 0 Å². The fraction of sp³-hybridized carbons (Fsp3) is 0.533. The second kappa shape index (κ2) is 8.18. The van der Waals surface area contributed by atoms with Gasteiger partial charge in [0.2, 0.25) is 0 Å². The first-order chi connectivity index (χ1) is 9.00. The molecule has 0 bridgehead atoms. The molecular weight excluding hydrogens is 262 g/mol. The predicted molar refractivity (Wildman–Crippen MR) is 78.6 cm³/mol. The summed E-state index contributed by atoms with van der Waals surface area (Å²) < 4.78 is 0. The van der Waals surface area contributed by atoms with Crippen molar-refractivity contribution in [2.24, 2.45) is 0 Å². The zero-order valence-electron chi connectivity index (χ0n) is 11.6. The maximum absolute atomic E-state index is 10.4. The molecule has 0 heterocycles. The van der Waals surface area contributed by atoms with Crippen molar-refractivity contribution in [2.75, 3.05) is 13.6 Å². The third kappa shape index (κ3) is 6.08. The number of hydrogen-bond donors (Lipinski definition) is 1. The molecule has 0 saturated heterocycles. The Labute approximate surface area is 120 Å². The Morgan fingerprint density at radius 3 is 2.74 bits per heavy atom. The van der Waals surface area contributed by atoms with Crippen LogP contribution in [0, 0.1) is 0 Å². The number of rotatable bonds is 8. The second-order valence-corrected chi connectivity index (χ2v) is 5.35. The molecule has 0 aromatic heterocycles. The van der Waals surface area contributed by atoms with Crippen LogP contribution in [0.5, 0.6) is 0 Å². The van der Waals surface area contributed by atoms with E-state index in [0.717, 1.165) is 30.8 Å². The van der Waals surface area contributed by atoms with Crippen LogP contribution in [-0.4, -0.2) is 29.6 Å². The van der Waals surface area contributed by atoms with E-state index in [0.29, 0.717) is 6.04 Å². The number of carboxylic acid groups (broad SMARTS) is 1. The molecule has 0 radical (unpaired) electrons. The van der Waals surface area contributed by atoms with Crippen molar-refractivity contribution in [2.45, 2.75) is 38.6 Å². The molecule has 1 unspecified atom stereocenters. The van der Waals surface area contributed by atoms with E-state index in [-0.39, 0.29) is 6.42 Å². The Kier molecular flexibility index (Phi) is 6.89. The molecule has 1 aromatic carbocycles. The molecule has 1 N–H and O–H groups in total. The molecule has 106 valence electrons. The van der Waals surface area contributed by atoms with Gasteiger partial charge in [-0.1, -0.05) is 30.2 Å². The van der Waals surface area contributed by atoms with Crippen molar-refractivity contribution in [3.8, 4) is 0 Å². The molecule has 0 aliphatic heterocycles. The van der Waals surface area contributed by atoms with Crippen molar-refractivity contribution in [1.29, 1.82) is 0 Å². The van der Waals surface area contributed by atoms with Crippen molar-refractivity contribution in [3.63, 3.8) is 0 Å². The van der Waals surface area contributed by atoms with Gasteiger partial charge in [-0.25, -0.2) is 0 Å². The second-order valence-electron chi connectivity index (χ2n) is 4.92. The molecule has 0 aliphatic rings. The quantitative estimate of drug-likeness (QED) is 0.734. The van der Waals surface area contributed by atoms with Gasteiger partial charge in [-0.3, -0.25) is 9.69 Å². The number of carboxylic acids is 1. The fourth-order valence-corrected chi connectivity index (χ4v) is 2.23. The molecule has 4 heteroatoms. The van der Waals surface area contributed by atoms with Gasteiger partial charge in [0.25, 0.3) is 0 Å². The van der Waals surface area contributed by atoms with Crippen LogP contribution in [0.3, 0.4) is 0 Å². The Morgan fingerprint density at radius 1 is 1.37 bits per heavy atom. The summed E-state index contributed by atoms with van der Waals surface area (Å²) in [5.74, 6) is -0.708. The summed E-state index contributed by atoms with van der Waals surface area (Å²) in [5, 5.41) is 9.33. The molecule has 0 amide bonds. The summed E-state index contributed by atoms with van der Waals surface area (Å²) >= 11 is 5.99. The smallest absolute Gasteiger partial charge is 0.303 e. The molecule has 1 aromatic rings. The SMILES string of the molecule is CC(c1cccc(Cl)c1)N(C)CCCCCC(=O)O. The fourth-order valence-electron chi connectivity index (χ4n) is 2.03. The lowest BCUT2D eigenvalue weighted by molar-refractivity contribution is -0.137. The first-order valence-electron chi connectivity index (χ1n) is 6.68. The highest BCUT2D eigenvalue weighted by atomic mass is 35.5. The molecule has 1 atom stereocenters. The van der Waals surface area contributed by atoms with Crippen LogP contribution in [0.4, 0.5) is 0 Å². The third-order valence-corrected chi connectivity index (χ3v) is 3.63.